The third-order valence-corrected chi connectivity index (χ3v) is 3.44. The van der Waals surface area contributed by atoms with E-state index in [1.54, 1.807) is 0 Å². The van der Waals surface area contributed by atoms with Crippen LogP contribution in [0.25, 0.3) is 0 Å². The standard InChI is InChI=1S/C18H29NO2/c1-13(2)19-14-9-17(10-14)21-16-8-6-7-15(11-16)20-12-18(3,4)5/h6-8,11,13-14,17,19H,9-10,12H2,1-5H3/t14-,17+. The first kappa shape index (κ1) is 16.2. The van der Waals surface area contributed by atoms with Crippen molar-refractivity contribution in [2.75, 3.05) is 6.61 Å². The molecule has 0 heterocycles. The van der Waals surface area contributed by atoms with Gasteiger partial charge in [-0.1, -0.05) is 40.7 Å². The van der Waals surface area contributed by atoms with Gasteiger partial charge in [-0.15, -0.1) is 0 Å². The molecule has 1 aromatic carbocycles. The lowest BCUT2D eigenvalue weighted by atomic mass is 9.88. The van der Waals surface area contributed by atoms with Gasteiger partial charge in [-0.2, -0.15) is 0 Å². The maximum Gasteiger partial charge on any atom is 0.123 e. The minimum absolute atomic E-state index is 0.167. The molecule has 118 valence electrons. The maximum atomic E-state index is 6.01. The second kappa shape index (κ2) is 6.69. The van der Waals surface area contributed by atoms with Crippen LogP contribution < -0.4 is 14.8 Å². The number of rotatable bonds is 6. The van der Waals surface area contributed by atoms with Gasteiger partial charge in [-0.05, 0) is 30.4 Å². The van der Waals surface area contributed by atoms with Gasteiger partial charge in [-0.25, -0.2) is 0 Å². The van der Waals surface area contributed by atoms with Gasteiger partial charge in [-0.3, -0.25) is 0 Å². The Bertz CT molecular complexity index is 445. The van der Waals surface area contributed by atoms with Crippen LogP contribution in [0.15, 0.2) is 24.3 Å². The van der Waals surface area contributed by atoms with Gasteiger partial charge in [0.25, 0.3) is 0 Å². The zero-order chi connectivity index (χ0) is 15.5. The molecular weight excluding hydrogens is 262 g/mol. The molecule has 0 aromatic heterocycles. The van der Waals surface area contributed by atoms with Gasteiger partial charge in [0.05, 0.1) is 6.61 Å². The van der Waals surface area contributed by atoms with Crippen LogP contribution in [0.3, 0.4) is 0 Å². The third kappa shape index (κ3) is 5.58. The molecule has 0 aliphatic heterocycles. The van der Waals surface area contributed by atoms with E-state index in [0.29, 0.717) is 24.8 Å². The lowest BCUT2D eigenvalue weighted by Crippen LogP contribution is -2.49. The fourth-order valence-corrected chi connectivity index (χ4v) is 2.40. The van der Waals surface area contributed by atoms with Gasteiger partial charge in [0, 0.05) is 18.2 Å². The Morgan fingerprint density at radius 1 is 1.19 bits per heavy atom. The van der Waals surface area contributed by atoms with Crippen LogP contribution in [-0.4, -0.2) is 24.8 Å². The van der Waals surface area contributed by atoms with Crippen LogP contribution in [0.2, 0.25) is 0 Å². The summed E-state index contributed by atoms with van der Waals surface area (Å²) < 4.78 is 11.8. The summed E-state index contributed by atoms with van der Waals surface area (Å²) in [7, 11) is 0. The molecule has 1 N–H and O–H groups in total. The smallest absolute Gasteiger partial charge is 0.123 e. The van der Waals surface area contributed by atoms with Crippen molar-refractivity contribution in [3.05, 3.63) is 24.3 Å². The summed E-state index contributed by atoms with van der Waals surface area (Å²) in [4.78, 5) is 0. The average Bonchev–Trinajstić information content (AvgIpc) is 2.33. The molecule has 0 radical (unpaired) electrons. The van der Waals surface area contributed by atoms with Crippen LogP contribution in [0, 0.1) is 5.41 Å². The maximum absolute atomic E-state index is 6.01. The highest BCUT2D eigenvalue weighted by Crippen LogP contribution is 2.28. The minimum Gasteiger partial charge on any atom is -0.493 e. The molecule has 3 nitrogen and oxygen atoms in total. The first-order valence-electron chi connectivity index (χ1n) is 7.97. The molecule has 1 aromatic rings. The zero-order valence-corrected chi connectivity index (χ0v) is 14.0. The third-order valence-electron chi connectivity index (χ3n) is 3.44. The molecular formula is C18H29NO2. The quantitative estimate of drug-likeness (QED) is 0.858. The lowest BCUT2D eigenvalue weighted by molar-refractivity contribution is 0.0810. The molecule has 21 heavy (non-hydrogen) atoms. The zero-order valence-electron chi connectivity index (χ0n) is 14.0. The number of hydrogen-bond donors (Lipinski definition) is 1. The van der Waals surface area contributed by atoms with Crippen molar-refractivity contribution in [2.24, 2.45) is 5.41 Å². The Morgan fingerprint density at radius 3 is 2.48 bits per heavy atom. The second-order valence-electron chi connectivity index (χ2n) is 7.55. The monoisotopic (exact) mass is 291 g/mol. The highest BCUT2D eigenvalue weighted by atomic mass is 16.5. The van der Waals surface area contributed by atoms with E-state index in [4.69, 9.17) is 9.47 Å². The van der Waals surface area contributed by atoms with Crippen molar-refractivity contribution in [1.82, 2.24) is 5.32 Å². The van der Waals surface area contributed by atoms with Gasteiger partial charge in [0.2, 0.25) is 0 Å². The number of nitrogens with one attached hydrogen (secondary N) is 1. The molecule has 0 amide bonds. The molecule has 0 unspecified atom stereocenters. The summed E-state index contributed by atoms with van der Waals surface area (Å²) >= 11 is 0. The average molecular weight is 291 g/mol. The fraction of sp³-hybridized carbons (Fsp3) is 0.667. The van der Waals surface area contributed by atoms with Gasteiger partial charge in [0.15, 0.2) is 0 Å². The highest BCUT2D eigenvalue weighted by molar-refractivity contribution is 5.33. The summed E-state index contributed by atoms with van der Waals surface area (Å²) in [5.41, 5.74) is 0.167. The predicted octanol–water partition coefficient (Wildman–Crippen LogP) is 4.02. The van der Waals surface area contributed by atoms with Crippen molar-refractivity contribution >= 4 is 0 Å². The molecule has 0 bridgehead atoms. The number of ether oxygens (including phenoxy) is 2. The van der Waals surface area contributed by atoms with E-state index in [1.807, 2.05) is 24.3 Å². The Hall–Kier alpha value is -1.22. The van der Waals surface area contributed by atoms with Gasteiger partial charge in [0.1, 0.15) is 17.6 Å². The summed E-state index contributed by atoms with van der Waals surface area (Å²) in [5.74, 6) is 1.80. The normalized spacial score (nSPS) is 22.0. The van der Waals surface area contributed by atoms with Crippen LogP contribution in [0.5, 0.6) is 11.5 Å². The van der Waals surface area contributed by atoms with Gasteiger partial charge < -0.3 is 14.8 Å². The molecule has 1 aliphatic carbocycles. The Kier molecular flexibility index (Phi) is 5.15. The Balaban J connectivity index is 1.80. The molecule has 1 saturated carbocycles. The second-order valence-corrected chi connectivity index (χ2v) is 7.55. The van der Waals surface area contributed by atoms with Crippen LogP contribution in [0.1, 0.15) is 47.5 Å². The van der Waals surface area contributed by atoms with E-state index < -0.39 is 0 Å². The molecule has 3 heteroatoms. The number of hydrogen-bond acceptors (Lipinski definition) is 3. The highest BCUT2D eigenvalue weighted by Gasteiger charge is 2.30. The minimum atomic E-state index is 0.167. The largest absolute Gasteiger partial charge is 0.493 e. The molecule has 1 aliphatic rings. The molecule has 1 fully saturated rings. The van der Waals surface area contributed by atoms with E-state index >= 15 is 0 Å². The van der Waals surface area contributed by atoms with E-state index in [2.05, 4.69) is 39.9 Å². The van der Waals surface area contributed by atoms with Crippen molar-refractivity contribution < 1.29 is 9.47 Å². The SMILES string of the molecule is CC(C)N[C@H]1C[C@@H](Oc2cccc(OCC(C)(C)C)c2)C1. The summed E-state index contributed by atoms with van der Waals surface area (Å²) in [6, 6.07) is 9.14. The Labute approximate surface area is 129 Å². The van der Waals surface area contributed by atoms with Crippen molar-refractivity contribution in [1.29, 1.82) is 0 Å². The van der Waals surface area contributed by atoms with E-state index in [-0.39, 0.29) is 5.41 Å². The summed E-state index contributed by atoms with van der Waals surface area (Å²) in [5, 5.41) is 3.54. The fourth-order valence-electron chi connectivity index (χ4n) is 2.40. The summed E-state index contributed by atoms with van der Waals surface area (Å²) in [6.45, 7) is 11.6. The van der Waals surface area contributed by atoms with E-state index in [1.165, 1.54) is 0 Å². The predicted molar refractivity (Wildman–Crippen MR) is 87.1 cm³/mol. The summed E-state index contributed by atoms with van der Waals surface area (Å²) in [6.07, 6.45) is 2.51. The number of benzene rings is 1. The van der Waals surface area contributed by atoms with Crippen molar-refractivity contribution in [3.63, 3.8) is 0 Å². The molecule has 0 atom stereocenters. The molecule has 2 rings (SSSR count). The van der Waals surface area contributed by atoms with E-state index in [9.17, 15) is 0 Å². The van der Waals surface area contributed by atoms with E-state index in [0.717, 1.165) is 24.3 Å². The topological polar surface area (TPSA) is 30.5 Å². The van der Waals surface area contributed by atoms with Gasteiger partial charge >= 0.3 is 0 Å². The van der Waals surface area contributed by atoms with Crippen molar-refractivity contribution in [2.45, 2.75) is 65.6 Å². The van der Waals surface area contributed by atoms with Crippen LogP contribution in [-0.2, 0) is 0 Å². The first-order valence-corrected chi connectivity index (χ1v) is 7.97. The lowest BCUT2D eigenvalue weighted by Gasteiger charge is -2.37. The van der Waals surface area contributed by atoms with Crippen LogP contribution in [0.4, 0.5) is 0 Å². The van der Waals surface area contributed by atoms with Crippen molar-refractivity contribution in [3.8, 4) is 11.5 Å². The van der Waals surface area contributed by atoms with Crippen LogP contribution >= 0.6 is 0 Å². The molecule has 0 spiro atoms. The first-order chi connectivity index (χ1) is 9.82. The Morgan fingerprint density at radius 2 is 1.86 bits per heavy atom. The molecule has 0 saturated heterocycles.